The van der Waals surface area contributed by atoms with Gasteiger partial charge in [0.2, 0.25) is 5.91 Å². The number of hydrogen-bond donors (Lipinski definition) is 1. The summed E-state index contributed by atoms with van der Waals surface area (Å²) in [4.78, 5) is 32.2. The maximum Gasteiger partial charge on any atom is 0.305 e. The van der Waals surface area contributed by atoms with Crippen molar-refractivity contribution in [2.45, 2.75) is 19.3 Å². The quantitative estimate of drug-likeness (QED) is 0.460. The van der Waals surface area contributed by atoms with Gasteiger partial charge >= 0.3 is 5.97 Å². The van der Waals surface area contributed by atoms with E-state index in [4.69, 9.17) is 11.0 Å². The molecular formula is C23H36N2O4S5. The number of esters is 1. The number of rotatable bonds is 7. The van der Waals surface area contributed by atoms with Crippen molar-refractivity contribution in [1.29, 1.82) is 5.26 Å². The maximum atomic E-state index is 11.4. The van der Waals surface area contributed by atoms with Gasteiger partial charge in [-0.3, -0.25) is 14.4 Å². The molecule has 0 unspecified atom stereocenters. The molecule has 34 heavy (non-hydrogen) atoms. The summed E-state index contributed by atoms with van der Waals surface area (Å²) in [5, 5.41) is 8.12. The highest BCUT2D eigenvalue weighted by atomic mass is 32.2. The first-order valence-electron chi connectivity index (χ1n) is 11.6. The molecule has 1 amide bonds. The van der Waals surface area contributed by atoms with Gasteiger partial charge in [-0.25, -0.2) is 0 Å². The van der Waals surface area contributed by atoms with Gasteiger partial charge in [-0.05, 0) is 52.3 Å². The van der Waals surface area contributed by atoms with Gasteiger partial charge in [-0.1, -0.05) is 0 Å². The van der Waals surface area contributed by atoms with Crippen molar-refractivity contribution in [3.63, 3.8) is 0 Å². The zero-order valence-corrected chi connectivity index (χ0v) is 23.9. The second kappa shape index (κ2) is 17.3. The van der Waals surface area contributed by atoms with Crippen molar-refractivity contribution < 1.29 is 19.1 Å². The van der Waals surface area contributed by atoms with E-state index in [-0.39, 0.29) is 17.8 Å². The van der Waals surface area contributed by atoms with Gasteiger partial charge in [0, 0.05) is 42.3 Å². The fourth-order valence-corrected chi connectivity index (χ4v) is 6.80. The van der Waals surface area contributed by atoms with Crippen LogP contribution in [0, 0.1) is 40.9 Å². The molecule has 2 N–H and O–H groups in total. The zero-order chi connectivity index (χ0) is 24.8. The van der Waals surface area contributed by atoms with Crippen LogP contribution in [0.25, 0.3) is 0 Å². The van der Waals surface area contributed by atoms with Crippen LogP contribution in [0.15, 0.2) is 0 Å². The smallest absolute Gasteiger partial charge is 0.305 e. The molecule has 0 spiro atoms. The Morgan fingerprint density at radius 2 is 1.18 bits per heavy atom. The van der Waals surface area contributed by atoms with Crippen LogP contribution in [0.4, 0.5) is 0 Å². The lowest BCUT2D eigenvalue weighted by molar-refractivity contribution is -0.141. The fourth-order valence-electron chi connectivity index (χ4n) is 2.96. The number of primary amides is 1. The number of carbonyl (C=O) groups excluding carboxylic acids is 3. The lowest BCUT2D eigenvalue weighted by Gasteiger charge is -2.27. The second-order valence-electron chi connectivity index (χ2n) is 8.94. The molecule has 0 radical (unpaired) electrons. The standard InChI is InChI=1S/C9H14OS2.C6H10O2S.C4H7NOS.C4H5NS/c10-9(1-7-3-11-4-7)2-8-5-12-6-8;1-8-6(7)2-5-3-9-4-5;5-4(6)3-1-7-2-3;5-1-4-2-6-3-4/h7-8H,1-6H2;5H,2-4H2,1H3;3H,1-2H2,(H2,5,6);4H,2-3H2. The largest absolute Gasteiger partial charge is 0.469 e. The third kappa shape index (κ3) is 12.2. The molecule has 5 aliphatic rings. The maximum absolute atomic E-state index is 11.4. The minimum Gasteiger partial charge on any atom is -0.469 e. The van der Waals surface area contributed by atoms with Crippen molar-refractivity contribution >= 4 is 76.5 Å². The number of ketones is 1. The molecule has 5 saturated heterocycles. The van der Waals surface area contributed by atoms with Gasteiger partial charge in [-0.2, -0.15) is 64.1 Å². The number of hydrogen-bond acceptors (Lipinski definition) is 10. The summed E-state index contributed by atoms with van der Waals surface area (Å²) in [6.07, 6.45) is 2.35. The molecule has 0 aromatic rings. The van der Waals surface area contributed by atoms with Crippen molar-refractivity contribution in [3.05, 3.63) is 0 Å². The number of thioether (sulfide) groups is 5. The third-order valence-electron chi connectivity index (χ3n) is 5.70. The van der Waals surface area contributed by atoms with Crippen LogP contribution in [0.1, 0.15) is 19.3 Å². The molecule has 0 aromatic heterocycles. The monoisotopic (exact) mass is 564 g/mol. The molecule has 0 atom stereocenters. The van der Waals surface area contributed by atoms with Gasteiger partial charge in [0.15, 0.2) is 0 Å². The summed E-state index contributed by atoms with van der Waals surface area (Å²) < 4.78 is 4.51. The minimum absolute atomic E-state index is 0.0692. The van der Waals surface area contributed by atoms with Crippen molar-refractivity contribution in [2.75, 3.05) is 64.6 Å². The molecule has 5 rings (SSSR count). The summed E-state index contributed by atoms with van der Waals surface area (Å²) >= 11 is 9.45. The molecule has 0 saturated carbocycles. The molecule has 0 aliphatic carbocycles. The van der Waals surface area contributed by atoms with Crippen molar-refractivity contribution in [1.82, 2.24) is 0 Å². The Hall–Kier alpha value is -0.150. The molecule has 192 valence electrons. The topological polar surface area (TPSA) is 110 Å². The molecule has 5 fully saturated rings. The predicted molar refractivity (Wildman–Crippen MR) is 150 cm³/mol. The number of amides is 1. The number of carbonyl (C=O) groups is 3. The van der Waals surface area contributed by atoms with E-state index >= 15 is 0 Å². The van der Waals surface area contributed by atoms with E-state index in [1.807, 2.05) is 47.0 Å². The lowest BCUT2D eigenvalue weighted by atomic mass is 9.98. The van der Waals surface area contributed by atoms with Crippen LogP contribution in [-0.2, 0) is 19.1 Å². The summed E-state index contributed by atoms with van der Waals surface area (Å²) in [5.41, 5.74) is 4.95. The summed E-state index contributed by atoms with van der Waals surface area (Å²) in [7, 11) is 1.44. The highest BCUT2D eigenvalue weighted by Gasteiger charge is 2.26. The van der Waals surface area contributed by atoms with E-state index in [1.165, 1.54) is 30.1 Å². The summed E-state index contributed by atoms with van der Waals surface area (Å²) in [5.74, 6) is 14.1. The lowest BCUT2D eigenvalue weighted by Crippen LogP contribution is -2.33. The Kier molecular flexibility index (Phi) is 15.3. The number of methoxy groups -OCH3 is 1. The predicted octanol–water partition coefficient (Wildman–Crippen LogP) is 3.68. The van der Waals surface area contributed by atoms with E-state index in [2.05, 4.69) is 10.8 Å². The molecule has 0 bridgehead atoms. The zero-order valence-electron chi connectivity index (χ0n) is 19.8. The number of ether oxygens (including phenoxy) is 1. The van der Waals surface area contributed by atoms with E-state index in [1.54, 1.807) is 11.8 Å². The number of nitriles is 1. The number of nitrogens with two attached hydrogens (primary N) is 1. The van der Waals surface area contributed by atoms with Crippen LogP contribution in [0.5, 0.6) is 0 Å². The molecule has 5 aliphatic heterocycles. The van der Waals surface area contributed by atoms with Gasteiger partial charge in [0.05, 0.1) is 25.0 Å². The second-order valence-corrected chi connectivity index (χ2v) is 14.3. The average Bonchev–Trinajstić information content (AvgIpc) is 2.63. The van der Waals surface area contributed by atoms with E-state index in [0.29, 0.717) is 24.0 Å². The van der Waals surface area contributed by atoms with Gasteiger partial charge in [-0.15, -0.1) is 0 Å². The Labute approximate surface area is 225 Å². The Morgan fingerprint density at radius 3 is 1.35 bits per heavy atom. The number of nitrogens with zero attached hydrogens (tertiary/aromatic N) is 1. The van der Waals surface area contributed by atoms with Gasteiger partial charge < -0.3 is 10.5 Å². The SMILES string of the molecule is COC(=O)CC1CSC1.N#CC1CSC1.NC(=O)C1CSC1.O=C(CC1CSC1)CC1CSC1. The Bertz CT molecular complexity index is 667. The highest BCUT2D eigenvalue weighted by Crippen LogP contribution is 2.31. The van der Waals surface area contributed by atoms with Crippen molar-refractivity contribution in [2.24, 2.45) is 35.3 Å². The van der Waals surface area contributed by atoms with E-state index in [0.717, 1.165) is 59.2 Å². The van der Waals surface area contributed by atoms with E-state index in [9.17, 15) is 14.4 Å². The first-order valence-corrected chi connectivity index (χ1v) is 17.3. The Morgan fingerprint density at radius 1 is 0.765 bits per heavy atom. The van der Waals surface area contributed by atoms with Crippen LogP contribution in [0.2, 0.25) is 0 Å². The highest BCUT2D eigenvalue weighted by molar-refractivity contribution is 8.01. The summed E-state index contributed by atoms with van der Waals surface area (Å²) in [6, 6.07) is 2.18. The van der Waals surface area contributed by atoms with Crippen molar-refractivity contribution in [3.8, 4) is 6.07 Å². The first-order chi connectivity index (χ1) is 16.4. The normalized spacial score (nSPS) is 21.9. The Balaban J connectivity index is 0.000000166. The molecule has 5 heterocycles. The van der Waals surface area contributed by atoms with Crippen LogP contribution in [-0.4, -0.2) is 82.3 Å². The van der Waals surface area contributed by atoms with Crippen LogP contribution < -0.4 is 5.73 Å². The minimum atomic E-state index is -0.140. The van der Waals surface area contributed by atoms with Gasteiger partial charge in [0.1, 0.15) is 5.78 Å². The molecule has 11 heteroatoms. The average molecular weight is 565 g/mol. The third-order valence-corrected chi connectivity index (χ3v) is 12.5. The van der Waals surface area contributed by atoms with Gasteiger partial charge in [0.25, 0.3) is 0 Å². The summed E-state index contributed by atoms with van der Waals surface area (Å²) in [6.45, 7) is 0. The molecule has 6 nitrogen and oxygen atoms in total. The van der Waals surface area contributed by atoms with Crippen LogP contribution in [0.3, 0.4) is 0 Å². The number of Topliss-reactive ketones (excluding diaryl/α,β-unsaturated/α-hetero) is 1. The first kappa shape index (κ1) is 30.1. The van der Waals surface area contributed by atoms with Crippen LogP contribution >= 0.6 is 58.8 Å². The molecule has 0 aromatic carbocycles. The molecular weight excluding hydrogens is 529 g/mol. The van der Waals surface area contributed by atoms with E-state index < -0.39 is 0 Å². The fraction of sp³-hybridized carbons (Fsp3) is 0.826.